The molecule has 0 saturated carbocycles. The summed E-state index contributed by atoms with van der Waals surface area (Å²) in [4.78, 5) is 11.3. The van der Waals surface area contributed by atoms with E-state index in [9.17, 15) is 4.79 Å². The minimum absolute atomic E-state index is 0.0456. The first-order chi connectivity index (χ1) is 5.79. The monoisotopic (exact) mass is 184 g/mol. The maximum atomic E-state index is 11.3. The summed E-state index contributed by atoms with van der Waals surface area (Å²) in [7, 11) is 6.07. The summed E-state index contributed by atoms with van der Waals surface area (Å²) < 4.78 is 0.669. The number of nitrogens with zero attached hydrogens (tertiary/aromatic N) is 1. The number of hydrogen-bond donors (Lipinski definition) is 1. The summed E-state index contributed by atoms with van der Waals surface area (Å²) in [5.41, 5.74) is 0.534. The Balaban J connectivity index is 4.31. The molecule has 0 spiro atoms. The molecule has 0 aromatic rings. The van der Waals surface area contributed by atoms with Gasteiger partial charge in [-0.2, -0.15) is 0 Å². The first-order valence-corrected chi connectivity index (χ1v) is 4.35. The van der Waals surface area contributed by atoms with Gasteiger partial charge in [0.2, 0.25) is 0 Å². The molecule has 0 bridgehead atoms. The molecule has 0 aliphatic rings. The molecule has 0 aliphatic carbocycles. The zero-order valence-electron chi connectivity index (χ0n) is 9.05. The molecule has 0 aliphatic heterocycles. The molecule has 0 aromatic carbocycles. The van der Waals surface area contributed by atoms with E-state index >= 15 is 0 Å². The standard InChI is InChI=1S/C10H19N2O/c1-7-9(12(4,5)6)11-10(13)8(2)3/h9H,1-2,7H2,3-6H3/p+1. The van der Waals surface area contributed by atoms with Crippen LogP contribution in [0.1, 0.15) is 13.3 Å². The number of amides is 1. The fourth-order valence-electron chi connectivity index (χ4n) is 0.928. The molecule has 13 heavy (non-hydrogen) atoms. The van der Waals surface area contributed by atoms with Crippen LogP contribution in [0.25, 0.3) is 0 Å². The lowest BCUT2D eigenvalue weighted by atomic mass is 10.2. The zero-order chi connectivity index (χ0) is 10.6. The molecule has 3 heteroatoms. The summed E-state index contributed by atoms with van der Waals surface area (Å²) in [5.74, 6) is -0.0956. The predicted molar refractivity (Wildman–Crippen MR) is 54.8 cm³/mol. The molecule has 1 amide bonds. The van der Waals surface area contributed by atoms with Crippen molar-refractivity contribution in [2.75, 3.05) is 21.1 Å². The van der Waals surface area contributed by atoms with Crippen molar-refractivity contribution in [3.63, 3.8) is 0 Å². The number of quaternary nitrogens is 1. The van der Waals surface area contributed by atoms with Crippen molar-refractivity contribution in [1.29, 1.82) is 0 Å². The molecule has 1 atom stereocenters. The maximum absolute atomic E-state index is 11.3. The number of carbonyl (C=O) groups excluding carboxylic acids is 1. The van der Waals surface area contributed by atoms with Gasteiger partial charge in [-0.25, -0.2) is 0 Å². The van der Waals surface area contributed by atoms with Gasteiger partial charge < -0.3 is 9.80 Å². The highest BCUT2D eigenvalue weighted by atomic mass is 16.1. The van der Waals surface area contributed by atoms with Gasteiger partial charge in [0.1, 0.15) is 0 Å². The van der Waals surface area contributed by atoms with Gasteiger partial charge in [-0.05, 0) is 13.8 Å². The fraction of sp³-hybridized carbons (Fsp3) is 0.600. The van der Waals surface area contributed by atoms with Gasteiger partial charge in [0, 0.05) is 12.0 Å². The van der Waals surface area contributed by atoms with Crippen LogP contribution in [-0.4, -0.2) is 37.7 Å². The van der Waals surface area contributed by atoms with E-state index in [0.29, 0.717) is 16.5 Å². The van der Waals surface area contributed by atoms with Crippen LogP contribution in [0.2, 0.25) is 0 Å². The molecule has 1 radical (unpaired) electrons. The Hall–Kier alpha value is -0.830. The lowest BCUT2D eigenvalue weighted by molar-refractivity contribution is -0.898. The smallest absolute Gasteiger partial charge is 0.250 e. The average molecular weight is 184 g/mol. The lowest BCUT2D eigenvalue weighted by Crippen LogP contribution is -2.54. The molecule has 3 nitrogen and oxygen atoms in total. The van der Waals surface area contributed by atoms with E-state index in [-0.39, 0.29) is 12.1 Å². The van der Waals surface area contributed by atoms with Crippen LogP contribution in [-0.2, 0) is 4.79 Å². The fourth-order valence-corrected chi connectivity index (χ4v) is 0.928. The van der Waals surface area contributed by atoms with Crippen LogP contribution in [0.5, 0.6) is 0 Å². The third-order valence-corrected chi connectivity index (χ3v) is 1.89. The van der Waals surface area contributed by atoms with Gasteiger partial charge in [-0.3, -0.25) is 4.79 Å². The Bertz CT molecular complexity index is 203. The lowest BCUT2D eigenvalue weighted by Gasteiger charge is -2.33. The largest absolute Gasteiger partial charge is 0.311 e. The Morgan fingerprint density at radius 1 is 1.46 bits per heavy atom. The highest BCUT2D eigenvalue weighted by molar-refractivity contribution is 5.92. The van der Waals surface area contributed by atoms with Crippen molar-refractivity contribution >= 4 is 5.91 Å². The molecule has 0 heterocycles. The van der Waals surface area contributed by atoms with Crippen LogP contribution in [0.4, 0.5) is 0 Å². The summed E-state index contributed by atoms with van der Waals surface area (Å²) in [6.07, 6.45) is 0.715. The Morgan fingerprint density at radius 2 is 1.92 bits per heavy atom. The number of hydrogen-bond acceptors (Lipinski definition) is 1. The van der Waals surface area contributed by atoms with E-state index < -0.39 is 0 Å². The summed E-state index contributed by atoms with van der Waals surface area (Å²) in [6.45, 7) is 9.09. The van der Waals surface area contributed by atoms with Gasteiger partial charge >= 0.3 is 0 Å². The Kier molecular flexibility index (Phi) is 4.14. The van der Waals surface area contributed by atoms with Gasteiger partial charge in [-0.15, -0.1) is 0 Å². The molecule has 1 N–H and O–H groups in total. The minimum Gasteiger partial charge on any atom is -0.311 e. The first-order valence-electron chi connectivity index (χ1n) is 4.35. The third-order valence-electron chi connectivity index (χ3n) is 1.89. The topological polar surface area (TPSA) is 29.1 Å². The van der Waals surface area contributed by atoms with Crippen molar-refractivity contribution in [1.82, 2.24) is 5.32 Å². The number of nitrogens with one attached hydrogen (secondary N) is 1. The number of rotatable bonds is 4. The van der Waals surface area contributed by atoms with Crippen molar-refractivity contribution in [3.05, 3.63) is 19.1 Å². The van der Waals surface area contributed by atoms with Crippen molar-refractivity contribution in [2.45, 2.75) is 19.5 Å². The van der Waals surface area contributed by atoms with Gasteiger partial charge in [0.25, 0.3) is 5.91 Å². The Morgan fingerprint density at radius 3 is 2.15 bits per heavy atom. The second-order valence-electron chi connectivity index (χ2n) is 4.17. The van der Waals surface area contributed by atoms with E-state index in [1.54, 1.807) is 6.92 Å². The van der Waals surface area contributed by atoms with Crippen molar-refractivity contribution in [2.24, 2.45) is 0 Å². The minimum atomic E-state index is -0.0956. The van der Waals surface area contributed by atoms with Crippen molar-refractivity contribution < 1.29 is 9.28 Å². The van der Waals surface area contributed by atoms with Crippen LogP contribution >= 0.6 is 0 Å². The van der Waals surface area contributed by atoms with E-state index in [0.717, 1.165) is 0 Å². The normalized spacial score (nSPS) is 13.6. The van der Waals surface area contributed by atoms with Crippen molar-refractivity contribution in [3.8, 4) is 0 Å². The Labute approximate surface area is 81.0 Å². The van der Waals surface area contributed by atoms with Crippen LogP contribution < -0.4 is 5.32 Å². The summed E-state index contributed by atoms with van der Waals surface area (Å²) in [5, 5.41) is 2.88. The molecule has 0 saturated heterocycles. The second kappa shape index (κ2) is 4.42. The third kappa shape index (κ3) is 4.08. The van der Waals surface area contributed by atoms with E-state index in [1.165, 1.54) is 0 Å². The quantitative estimate of drug-likeness (QED) is 0.393. The maximum Gasteiger partial charge on any atom is 0.250 e. The highest BCUT2D eigenvalue weighted by Crippen LogP contribution is 2.04. The molecule has 75 valence electrons. The molecule has 0 fully saturated rings. The molecule has 1 unspecified atom stereocenters. The second-order valence-corrected chi connectivity index (χ2v) is 4.17. The van der Waals surface area contributed by atoms with Gasteiger partial charge in [0.05, 0.1) is 21.1 Å². The predicted octanol–water partition coefficient (Wildman–Crippen LogP) is 0.935. The van der Waals surface area contributed by atoms with Crippen LogP contribution in [0, 0.1) is 6.92 Å². The molecular weight excluding hydrogens is 164 g/mol. The SMILES string of the molecule is [CH2]CC(NC(=O)C(=C)C)[N+](C)(C)C. The van der Waals surface area contributed by atoms with Crippen LogP contribution in [0.3, 0.4) is 0 Å². The summed E-state index contributed by atoms with van der Waals surface area (Å²) in [6, 6.07) is 0. The van der Waals surface area contributed by atoms with E-state index in [2.05, 4.69) is 18.8 Å². The molecule has 0 rings (SSSR count). The molecular formula is C10H20N2O+. The van der Waals surface area contributed by atoms with E-state index in [1.807, 2.05) is 21.1 Å². The first kappa shape index (κ1) is 12.2. The van der Waals surface area contributed by atoms with Crippen LogP contribution in [0.15, 0.2) is 12.2 Å². The van der Waals surface area contributed by atoms with E-state index in [4.69, 9.17) is 0 Å². The zero-order valence-corrected chi connectivity index (χ0v) is 9.05. The molecule has 0 aromatic heterocycles. The van der Waals surface area contributed by atoms with Gasteiger partial charge in [-0.1, -0.05) is 6.58 Å². The number of carbonyl (C=O) groups is 1. The summed E-state index contributed by atoms with van der Waals surface area (Å²) >= 11 is 0. The highest BCUT2D eigenvalue weighted by Gasteiger charge is 2.23. The van der Waals surface area contributed by atoms with Gasteiger partial charge in [0.15, 0.2) is 6.17 Å². The average Bonchev–Trinajstić information content (AvgIpc) is 1.96.